The summed E-state index contributed by atoms with van der Waals surface area (Å²) in [5.41, 5.74) is 0.154. The number of carbonyl (C=O) groups excluding carboxylic acids is 2. The molecule has 116 valence electrons. The van der Waals surface area contributed by atoms with Crippen LogP contribution in [0.4, 0.5) is 0 Å². The maximum absolute atomic E-state index is 12.0. The molecule has 0 aliphatic heterocycles. The number of rotatable bonds is 6. The van der Waals surface area contributed by atoms with Gasteiger partial charge in [-0.15, -0.1) is 0 Å². The SMILES string of the molecule is COc1ccc(C(=O)OCC(=O)N(C)C)c(OC)c1OC. The van der Waals surface area contributed by atoms with Crippen LogP contribution in [0.1, 0.15) is 10.4 Å². The van der Waals surface area contributed by atoms with Gasteiger partial charge in [0.15, 0.2) is 18.1 Å². The van der Waals surface area contributed by atoms with Crippen molar-refractivity contribution in [2.24, 2.45) is 0 Å². The Morgan fingerprint density at radius 1 is 1.00 bits per heavy atom. The maximum Gasteiger partial charge on any atom is 0.342 e. The molecule has 0 aromatic heterocycles. The number of nitrogens with zero attached hydrogens (tertiary/aromatic N) is 1. The van der Waals surface area contributed by atoms with Crippen molar-refractivity contribution in [2.75, 3.05) is 42.0 Å². The summed E-state index contributed by atoms with van der Waals surface area (Å²) in [7, 11) is 7.47. The van der Waals surface area contributed by atoms with E-state index >= 15 is 0 Å². The molecule has 0 aliphatic rings. The zero-order chi connectivity index (χ0) is 16.0. The molecular weight excluding hydrogens is 278 g/mol. The highest BCUT2D eigenvalue weighted by Crippen LogP contribution is 2.39. The Hall–Kier alpha value is -2.44. The summed E-state index contributed by atoms with van der Waals surface area (Å²) in [5.74, 6) is -0.0893. The molecule has 0 aliphatic carbocycles. The highest BCUT2D eigenvalue weighted by molar-refractivity contribution is 5.95. The highest BCUT2D eigenvalue weighted by atomic mass is 16.5. The first-order chi connectivity index (χ1) is 9.96. The number of esters is 1. The number of carbonyl (C=O) groups is 2. The third-order valence-electron chi connectivity index (χ3n) is 2.75. The number of likely N-dealkylation sites (N-methyl/N-ethyl adjacent to an activating group) is 1. The molecule has 0 N–H and O–H groups in total. The summed E-state index contributed by atoms with van der Waals surface area (Å²) in [6.45, 7) is -0.344. The van der Waals surface area contributed by atoms with Crippen LogP contribution in [0.15, 0.2) is 12.1 Å². The van der Waals surface area contributed by atoms with Gasteiger partial charge >= 0.3 is 5.97 Å². The summed E-state index contributed by atoms with van der Waals surface area (Å²) < 4.78 is 20.4. The molecule has 0 fully saturated rings. The van der Waals surface area contributed by atoms with E-state index < -0.39 is 5.97 Å². The van der Waals surface area contributed by atoms with E-state index in [0.717, 1.165) is 0 Å². The van der Waals surface area contributed by atoms with Gasteiger partial charge in [0.1, 0.15) is 5.56 Å². The summed E-state index contributed by atoms with van der Waals surface area (Å²) in [6.07, 6.45) is 0. The molecule has 0 heterocycles. The first-order valence-corrected chi connectivity index (χ1v) is 6.12. The van der Waals surface area contributed by atoms with Crippen molar-refractivity contribution in [2.45, 2.75) is 0 Å². The normalized spacial score (nSPS) is 9.76. The summed E-state index contributed by atoms with van der Waals surface area (Å²) in [6, 6.07) is 3.05. The molecule has 7 nitrogen and oxygen atoms in total. The second-order valence-corrected chi connectivity index (χ2v) is 4.25. The molecule has 0 radical (unpaired) electrons. The smallest absolute Gasteiger partial charge is 0.342 e. The van der Waals surface area contributed by atoms with Crippen molar-refractivity contribution < 1.29 is 28.5 Å². The minimum Gasteiger partial charge on any atom is -0.493 e. The molecule has 1 aromatic rings. The van der Waals surface area contributed by atoms with Gasteiger partial charge in [0.2, 0.25) is 5.75 Å². The van der Waals surface area contributed by atoms with Gasteiger partial charge in [0, 0.05) is 14.1 Å². The fourth-order valence-electron chi connectivity index (χ4n) is 1.60. The lowest BCUT2D eigenvalue weighted by molar-refractivity contribution is -0.131. The van der Waals surface area contributed by atoms with E-state index in [4.69, 9.17) is 18.9 Å². The van der Waals surface area contributed by atoms with Crippen molar-refractivity contribution in [3.8, 4) is 17.2 Å². The van der Waals surface area contributed by atoms with Crippen molar-refractivity contribution in [3.63, 3.8) is 0 Å². The fourth-order valence-corrected chi connectivity index (χ4v) is 1.60. The zero-order valence-corrected chi connectivity index (χ0v) is 12.8. The lowest BCUT2D eigenvalue weighted by Crippen LogP contribution is -2.27. The molecule has 0 saturated carbocycles. The molecular formula is C14H19NO6. The van der Waals surface area contributed by atoms with Crippen LogP contribution in [0.25, 0.3) is 0 Å². The standard InChI is InChI=1S/C14H19NO6/c1-15(2)11(16)8-21-14(17)9-6-7-10(18-3)13(20-5)12(9)19-4/h6-7H,8H2,1-5H3. The van der Waals surface area contributed by atoms with E-state index in [1.165, 1.54) is 32.3 Å². The van der Waals surface area contributed by atoms with Crippen LogP contribution in [-0.2, 0) is 9.53 Å². The number of hydrogen-bond donors (Lipinski definition) is 0. The second kappa shape index (κ2) is 7.37. The molecule has 0 unspecified atom stereocenters. The lowest BCUT2D eigenvalue weighted by Gasteiger charge is -2.15. The van der Waals surface area contributed by atoms with Gasteiger partial charge in [0.25, 0.3) is 5.91 Å². The third-order valence-corrected chi connectivity index (χ3v) is 2.75. The lowest BCUT2D eigenvalue weighted by atomic mass is 10.1. The molecule has 21 heavy (non-hydrogen) atoms. The number of hydrogen-bond acceptors (Lipinski definition) is 6. The number of amides is 1. The van der Waals surface area contributed by atoms with Crippen LogP contribution in [-0.4, -0.2) is 58.8 Å². The third kappa shape index (κ3) is 3.77. The monoisotopic (exact) mass is 297 g/mol. The topological polar surface area (TPSA) is 74.3 Å². The van der Waals surface area contributed by atoms with Crippen LogP contribution < -0.4 is 14.2 Å². The van der Waals surface area contributed by atoms with E-state index in [1.807, 2.05) is 0 Å². The Morgan fingerprint density at radius 2 is 1.62 bits per heavy atom. The predicted octanol–water partition coefficient (Wildman–Crippen LogP) is 0.957. The van der Waals surface area contributed by atoms with E-state index in [2.05, 4.69) is 0 Å². The molecule has 7 heteroatoms. The van der Waals surface area contributed by atoms with E-state index in [9.17, 15) is 9.59 Å². The average Bonchev–Trinajstić information content (AvgIpc) is 2.49. The molecule has 0 bridgehead atoms. The van der Waals surface area contributed by atoms with Crippen LogP contribution in [0.2, 0.25) is 0 Å². The van der Waals surface area contributed by atoms with Gasteiger partial charge in [-0.1, -0.05) is 0 Å². The van der Waals surface area contributed by atoms with Gasteiger partial charge in [-0.25, -0.2) is 4.79 Å². The zero-order valence-electron chi connectivity index (χ0n) is 12.8. The summed E-state index contributed by atoms with van der Waals surface area (Å²) in [4.78, 5) is 24.8. The maximum atomic E-state index is 12.0. The van der Waals surface area contributed by atoms with Crippen molar-refractivity contribution in [1.82, 2.24) is 4.90 Å². The van der Waals surface area contributed by atoms with Crippen LogP contribution >= 0.6 is 0 Å². The first kappa shape index (κ1) is 16.6. The van der Waals surface area contributed by atoms with Gasteiger partial charge < -0.3 is 23.8 Å². The molecule has 1 aromatic carbocycles. The second-order valence-electron chi connectivity index (χ2n) is 4.25. The van der Waals surface area contributed by atoms with Gasteiger partial charge in [-0.05, 0) is 12.1 Å². The molecule has 0 atom stereocenters. The van der Waals surface area contributed by atoms with Crippen LogP contribution in [0.5, 0.6) is 17.2 Å². The van der Waals surface area contributed by atoms with E-state index in [-0.39, 0.29) is 29.6 Å². The van der Waals surface area contributed by atoms with E-state index in [0.29, 0.717) is 5.75 Å². The van der Waals surface area contributed by atoms with Crippen molar-refractivity contribution in [1.29, 1.82) is 0 Å². The Kier molecular flexibility index (Phi) is 5.83. The minimum atomic E-state index is -0.678. The quantitative estimate of drug-likeness (QED) is 0.728. The molecule has 0 saturated heterocycles. The Bertz CT molecular complexity index is 526. The first-order valence-electron chi connectivity index (χ1n) is 6.12. The Labute approximate surface area is 123 Å². The van der Waals surface area contributed by atoms with Crippen LogP contribution in [0.3, 0.4) is 0 Å². The predicted molar refractivity (Wildman–Crippen MR) is 75.1 cm³/mol. The minimum absolute atomic E-state index is 0.154. The number of methoxy groups -OCH3 is 3. The van der Waals surface area contributed by atoms with E-state index in [1.54, 1.807) is 20.2 Å². The largest absolute Gasteiger partial charge is 0.493 e. The fraction of sp³-hybridized carbons (Fsp3) is 0.429. The van der Waals surface area contributed by atoms with Gasteiger partial charge in [-0.3, -0.25) is 4.79 Å². The summed E-state index contributed by atoms with van der Waals surface area (Å²) >= 11 is 0. The van der Waals surface area contributed by atoms with Crippen LogP contribution in [0, 0.1) is 0 Å². The molecule has 1 rings (SSSR count). The Balaban J connectivity index is 3.02. The van der Waals surface area contributed by atoms with Crippen molar-refractivity contribution >= 4 is 11.9 Å². The van der Waals surface area contributed by atoms with Gasteiger partial charge in [-0.2, -0.15) is 0 Å². The number of benzene rings is 1. The van der Waals surface area contributed by atoms with Gasteiger partial charge in [0.05, 0.1) is 21.3 Å². The summed E-state index contributed by atoms with van der Waals surface area (Å²) in [5, 5.41) is 0. The highest BCUT2D eigenvalue weighted by Gasteiger charge is 2.22. The Morgan fingerprint density at radius 3 is 2.10 bits per heavy atom. The van der Waals surface area contributed by atoms with Crippen molar-refractivity contribution in [3.05, 3.63) is 17.7 Å². The molecule has 0 spiro atoms. The molecule has 1 amide bonds. The number of ether oxygens (including phenoxy) is 4. The average molecular weight is 297 g/mol.